The summed E-state index contributed by atoms with van der Waals surface area (Å²) in [5, 5.41) is 2.99. The van der Waals surface area contributed by atoms with Crippen molar-refractivity contribution in [2.24, 2.45) is 0 Å². The number of aromatic nitrogens is 1. The predicted octanol–water partition coefficient (Wildman–Crippen LogP) is 3.40. The molecule has 0 bridgehead atoms. The molecule has 0 radical (unpaired) electrons. The number of hydrogen-bond acceptors (Lipinski definition) is 5. The van der Waals surface area contributed by atoms with Crippen LogP contribution in [0.25, 0.3) is 5.69 Å². The number of nitrogens with two attached hydrogens (primary N) is 1. The Morgan fingerprint density at radius 3 is 2.29 bits per heavy atom. The summed E-state index contributed by atoms with van der Waals surface area (Å²) in [7, 11) is 0. The number of nitrogens with one attached hydrogen (secondary N) is 1. The lowest BCUT2D eigenvalue weighted by molar-refractivity contribution is 0.0880. The van der Waals surface area contributed by atoms with Crippen LogP contribution in [-0.2, 0) is 0 Å². The third-order valence-electron chi connectivity index (χ3n) is 4.16. The fourth-order valence-electron chi connectivity index (χ4n) is 2.91. The van der Waals surface area contributed by atoms with Crippen molar-refractivity contribution >= 4 is 40.8 Å². The van der Waals surface area contributed by atoms with E-state index in [9.17, 15) is 14.4 Å². The van der Waals surface area contributed by atoms with Crippen LogP contribution in [0.5, 0.6) is 11.5 Å². The molecule has 1 aliphatic heterocycles. The number of pyridine rings is 1. The second kappa shape index (κ2) is 6.70. The molecule has 140 valence electrons. The van der Waals surface area contributed by atoms with Gasteiger partial charge in [0.25, 0.3) is 17.4 Å². The molecule has 3 N–H and O–H groups in total. The van der Waals surface area contributed by atoms with Crippen molar-refractivity contribution < 1.29 is 14.3 Å². The van der Waals surface area contributed by atoms with Gasteiger partial charge in [0.2, 0.25) is 0 Å². The Morgan fingerprint density at radius 2 is 1.57 bits per heavy atom. The standard InChI is InChI=1S/C19H11Cl2N3O4/c20-9-1-4-11(5-2-9)28-14-6-3-10(21)7-13(14)24-15(25)8-12-16(17(24)22)19(27)23-18(12)26/h1-8H,22H2,(H,23,26,27). The molecule has 0 atom stereocenters. The van der Waals surface area contributed by atoms with Gasteiger partial charge in [-0.05, 0) is 42.5 Å². The Kier molecular flexibility index (Phi) is 4.33. The number of anilines is 1. The van der Waals surface area contributed by atoms with Crippen LogP contribution < -0.4 is 21.3 Å². The minimum Gasteiger partial charge on any atom is -0.455 e. The number of nitrogen functional groups attached to an aromatic ring is 1. The molecule has 2 heterocycles. The third-order valence-corrected chi connectivity index (χ3v) is 4.64. The highest BCUT2D eigenvalue weighted by molar-refractivity contribution is 6.31. The summed E-state index contributed by atoms with van der Waals surface area (Å²) in [5.41, 5.74) is 5.57. The number of benzene rings is 2. The fourth-order valence-corrected chi connectivity index (χ4v) is 3.20. The highest BCUT2D eigenvalue weighted by atomic mass is 35.5. The summed E-state index contributed by atoms with van der Waals surface area (Å²) in [6.45, 7) is 0. The highest BCUT2D eigenvalue weighted by Crippen LogP contribution is 2.33. The number of carbonyl (C=O) groups is 2. The lowest BCUT2D eigenvalue weighted by atomic mass is 10.1. The quantitative estimate of drug-likeness (QED) is 0.637. The molecule has 1 aliphatic rings. The first-order valence-corrected chi connectivity index (χ1v) is 8.75. The topological polar surface area (TPSA) is 103 Å². The van der Waals surface area contributed by atoms with Crippen LogP contribution in [-0.4, -0.2) is 16.4 Å². The van der Waals surface area contributed by atoms with Crippen molar-refractivity contribution in [2.45, 2.75) is 0 Å². The van der Waals surface area contributed by atoms with Gasteiger partial charge >= 0.3 is 0 Å². The number of carbonyl (C=O) groups excluding carboxylic acids is 2. The summed E-state index contributed by atoms with van der Waals surface area (Å²) < 4.78 is 6.93. The summed E-state index contributed by atoms with van der Waals surface area (Å²) in [4.78, 5) is 36.6. The molecule has 1 aromatic heterocycles. The third kappa shape index (κ3) is 3.00. The van der Waals surface area contributed by atoms with Gasteiger partial charge in [0.05, 0.1) is 16.8 Å². The average Bonchev–Trinajstić information content (AvgIpc) is 2.93. The summed E-state index contributed by atoms with van der Waals surface area (Å²) in [6, 6.07) is 12.3. The largest absolute Gasteiger partial charge is 0.455 e. The van der Waals surface area contributed by atoms with E-state index in [1.807, 2.05) is 0 Å². The van der Waals surface area contributed by atoms with Crippen LogP contribution in [0.15, 0.2) is 53.3 Å². The minimum absolute atomic E-state index is 0.0639. The van der Waals surface area contributed by atoms with E-state index in [2.05, 4.69) is 5.32 Å². The SMILES string of the molecule is Nc1c2c(cc(=O)n1-c1cc(Cl)ccc1Oc1ccc(Cl)cc1)C(=O)NC2=O. The first-order chi connectivity index (χ1) is 13.3. The van der Waals surface area contributed by atoms with Gasteiger partial charge in [-0.15, -0.1) is 0 Å². The van der Waals surface area contributed by atoms with Crippen LogP contribution in [0.2, 0.25) is 10.0 Å². The number of fused-ring (bicyclic) bond motifs is 1. The predicted molar refractivity (Wildman–Crippen MR) is 105 cm³/mol. The summed E-state index contributed by atoms with van der Waals surface area (Å²) >= 11 is 12.0. The Morgan fingerprint density at radius 1 is 0.893 bits per heavy atom. The molecular formula is C19H11Cl2N3O4. The van der Waals surface area contributed by atoms with E-state index < -0.39 is 17.4 Å². The minimum atomic E-state index is -0.673. The maximum atomic E-state index is 12.7. The van der Waals surface area contributed by atoms with Crippen molar-refractivity contribution in [1.29, 1.82) is 0 Å². The molecule has 0 saturated heterocycles. The first-order valence-electron chi connectivity index (χ1n) is 7.99. The number of halogens is 2. The van der Waals surface area contributed by atoms with Gasteiger partial charge in [0.1, 0.15) is 11.6 Å². The van der Waals surface area contributed by atoms with Crippen LogP contribution in [0.3, 0.4) is 0 Å². The van der Waals surface area contributed by atoms with E-state index in [-0.39, 0.29) is 28.4 Å². The molecule has 0 spiro atoms. The lowest BCUT2D eigenvalue weighted by Gasteiger charge is -2.16. The van der Waals surface area contributed by atoms with Gasteiger partial charge in [-0.1, -0.05) is 23.2 Å². The van der Waals surface area contributed by atoms with Crippen molar-refractivity contribution in [3.8, 4) is 17.2 Å². The van der Waals surface area contributed by atoms with Gasteiger partial charge in [-0.2, -0.15) is 0 Å². The first kappa shape index (κ1) is 18.1. The maximum Gasteiger partial charge on any atom is 0.262 e. The van der Waals surface area contributed by atoms with Crippen molar-refractivity contribution in [3.63, 3.8) is 0 Å². The zero-order chi connectivity index (χ0) is 20.0. The molecule has 28 heavy (non-hydrogen) atoms. The van der Waals surface area contributed by atoms with Crippen LogP contribution in [0, 0.1) is 0 Å². The average molecular weight is 416 g/mol. The monoisotopic (exact) mass is 415 g/mol. The number of imide groups is 1. The number of amides is 2. The van der Waals surface area contributed by atoms with Crippen molar-refractivity contribution in [1.82, 2.24) is 9.88 Å². The lowest BCUT2D eigenvalue weighted by Crippen LogP contribution is -2.24. The molecular weight excluding hydrogens is 405 g/mol. The zero-order valence-corrected chi connectivity index (χ0v) is 15.5. The smallest absolute Gasteiger partial charge is 0.262 e. The Hall–Kier alpha value is -3.29. The van der Waals surface area contributed by atoms with E-state index >= 15 is 0 Å². The number of ether oxygens (including phenoxy) is 1. The molecule has 2 amide bonds. The maximum absolute atomic E-state index is 12.7. The molecule has 9 heteroatoms. The normalized spacial score (nSPS) is 12.6. The fraction of sp³-hybridized carbons (Fsp3) is 0. The van der Waals surface area contributed by atoms with E-state index in [0.717, 1.165) is 10.6 Å². The summed E-state index contributed by atoms with van der Waals surface area (Å²) in [5.74, 6) is -0.791. The Balaban J connectivity index is 1.91. The molecule has 0 unspecified atom stereocenters. The van der Waals surface area contributed by atoms with Crippen molar-refractivity contribution in [3.05, 3.63) is 80.1 Å². The Labute approximate surface area is 168 Å². The molecule has 2 aromatic carbocycles. The number of nitrogens with zero attached hydrogens (tertiary/aromatic N) is 1. The number of hydrogen-bond donors (Lipinski definition) is 2. The van der Waals surface area contributed by atoms with E-state index in [0.29, 0.717) is 15.8 Å². The van der Waals surface area contributed by atoms with Crippen LogP contribution in [0.1, 0.15) is 20.7 Å². The van der Waals surface area contributed by atoms with E-state index in [1.165, 1.54) is 6.07 Å². The van der Waals surface area contributed by atoms with Crippen molar-refractivity contribution in [2.75, 3.05) is 5.73 Å². The molecule has 3 aromatic rings. The number of rotatable bonds is 3. The van der Waals surface area contributed by atoms with Crippen LogP contribution in [0.4, 0.5) is 5.82 Å². The van der Waals surface area contributed by atoms with Gasteiger partial charge < -0.3 is 10.5 Å². The molecule has 0 fully saturated rings. The second-order valence-electron chi connectivity index (χ2n) is 5.94. The molecule has 0 saturated carbocycles. The van der Waals surface area contributed by atoms with Gasteiger partial charge in [-0.25, -0.2) is 0 Å². The van der Waals surface area contributed by atoms with Gasteiger partial charge in [-0.3, -0.25) is 24.3 Å². The molecule has 0 aliphatic carbocycles. The van der Waals surface area contributed by atoms with Gasteiger partial charge in [0, 0.05) is 16.1 Å². The molecule has 7 nitrogen and oxygen atoms in total. The second-order valence-corrected chi connectivity index (χ2v) is 6.82. The van der Waals surface area contributed by atoms with Crippen LogP contribution >= 0.6 is 23.2 Å². The van der Waals surface area contributed by atoms with E-state index in [4.69, 9.17) is 33.7 Å². The van der Waals surface area contributed by atoms with Gasteiger partial charge in [0.15, 0.2) is 5.75 Å². The molecule has 4 rings (SSSR count). The Bertz CT molecular complexity index is 1200. The van der Waals surface area contributed by atoms with E-state index in [1.54, 1.807) is 36.4 Å². The zero-order valence-electron chi connectivity index (χ0n) is 14.0. The highest BCUT2D eigenvalue weighted by Gasteiger charge is 2.32. The summed E-state index contributed by atoms with van der Waals surface area (Å²) in [6.07, 6.45) is 0.